The smallest absolute Gasteiger partial charge is 0.170 e. The van der Waals surface area contributed by atoms with Gasteiger partial charge in [-0.3, -0.25) is 0 Å². The molecule has 3 nitrogen and oxygen atoms in total. The van der Waals surface area contributed by atoms with Crippen molar-refractivity contribution >= 4 is 17.2 Å². The van der Waals surface area contributed by atoms with Gasteiger partial charge in [0.1, 0.15) is 0 Å². The maximum absolute atomic E-state index is 14.7. The summed E-state index contributed by atoms with van der Waals surface area (Å²) in [5.41, 5.74) is 2.04. The molecule has 0 unspecified atom stereocenters. The van der Waals surface area contributed by atoms with Crippen molar-refractivity contribution in [3.05, 3.63) is 45.5 Å². The average Bonchev–Trinajstić information content (AvgIpc) is 3.21. The fourth-order valence-corrected chi connectivity index (χ4v) is 3.69. The lowest BCUT2D eigenvalue weighted by Gasteiger charge is -2.28. The fourth-order valence-electron chi connectivity index (χ4n) is 2.80. The second-order valence-corrected chi connectivity index (χ2v) is 6.80. The first-order valence-electron chi connectivity index (χ1n) is 7.48. The number of nitrogens with zero attached hydrogens (tertiary/aromatic N) is 2. The van der Waals surface area contributed by atoms with Gasteiger partial charge in [-0.2, -0.15) is 0 Å². The number of aromatic nitrogens is 1. The Balaban J connectivity index is 1.55. The zero-order chi connectivity index (χ0) is 14.2. The highest BCUT2D eigenvalue weighted by molar-refractivity contribution is 7.10. The van der Waals surface area contributed by atoms with Crippen LogP contribution in [0, 0.1) is 5.82 Å². The molecular weight excluding hydrogens is 285 g/mol. The van der Waals surface area contributed by atoms with E-state index in [9.17, 15) is 4.39 Å². The van der Waals surface area contributed by atoms with Crippen molar-refractivity contribution in [2.45, 2.75) is 38.4 Å². The topological polar surface area (TPSA) is 28.2 Å². The van der Waals surface area contributed by atoms with E-state index in [1.165, 1.54) is 23.3 Å². The number of thiophene rings is 1. The van der Waals surface area contributed by atoms with E-state index < -0.39 is 0 Å². The molecule has 110 valence electrons. The van der Waals surface area contributed by atoms with Gasteiger partial charge in [0.05, 0.1) is 0 Å². The zero-order valence-corrected chi connectivity index (χ0v) is 12.6. The van der Waals surface area contributed by atoms with Crippen molar-refractivity contribution < 1.29 is 4.39 Å². The summed E-state index contributed by atoms with van der Waals surface area (Å²) in [4.78, 5) is 7.78. The second kappa shape index (κ2) is 5.39. The van der Waals surface area contributed by atoms with E-state index in [0.29, 0.717) is 18.4 Å². The van der Waals surface area contributed by atoms with Gasteiger partial charge in [0, 0.05) is 42.3 Å². The molecule has 2 aromatic rings. The van der Waals surface area contributed by atoms with Crippen LogP contribution in [0.25, 0.3) is 0 Å². The van der Waals surface area contributed by atoms with Gasteiger partial charge in [0.25, 0.3) is 0 Å². The maximum Gasteiger partial charge on any atom is 0.170 e. The van der Waals surface area contributed by atoms with Crippen LogP contribution >= 0.6 is 11.3 Å². The molecule has 21 heavy (non-hydrogen) atoms. The number of anilines is 1. The lowest BCUT2D eigenvalue weighted by molar-refractivity contribution is 0.570. The highest BCUT2D eigenvalue weighted by Crippen LogP contribution is 2.29. The molecule has 0 atom stereocenters. The quantitative estimate of drug-likeness (QED) is 0.941. The Labute approximate surface area is 127 Å². The van der Waals surface area contributed by atoms with Crippen molar-refractivity contribution in [1.29, 1.82) is 0 Å². The summed E-state index contributed by atoms with van der Waals surface area (Å²) < 4.78 is 14.7. The van der Waals surface area contributed by atoms with Crippen LogP contribution in [0.4, 0.5) is 10.2 Å². The molecule has 0 spiro atoms. The predicted octanol–water partition coefficient (Wildman–Crippen LogP) is 3.10. The third-order valence-electron chi connectivity index (χ3n) is 4.22. The highest BCUT2D eigenvalue weighted by Gasteiger charge is 2.24. The summed E-state index contributed by atoms with van der Waals surface area (Å²) in [6, 6.07) is 4.51. The summed E-state index contributed by atoms with van der Waals surface area (Å²) in [5.74, 6) is 0.339. The Morgan fingerprint density at radius 2 is 2.29 bits per heavy atom. The number of hydrogen-bond acceptors (Lipinski definition) is 4. The highest BCUT2D eigenvalue weighted by atomic mass is 32.1. The van der Waals surface area contributed by atoms with Gasteiger partial charge in [0.2, 0.25) is 0 Å². The lowest BCUT2D eigenvalue weighted by Crippen LogP contribution is -2.31. The second-order valence-electron chi connectivity index (χ2n) is 5.80. The van der Waals surface area contributed by atoms with E-state index in [0.717, 1.165) is 25.1 Å². The largest absolute Gasteiger partial charge is 0.349 e. The molecule has 0 aromatic carbocycles. The van der Waals surface area contributed by atoms with Crippen LogP contribution in [0.15, 0.2) is 23.7 Å². The summed E-state index contributed by atoms with van der Waals surface area (Å²) in [7, 11) is 0. The Bertz CT molecular complexity index is 651. The van der Waals surface area contributed by atoms with Gasteiger partial charge in [-0.05, 0) is 42.3 Å². The van der Waals surface area contributed by atoms with Crippen molar-refractivity contribution in [2.75, 3.05) is 11.4 Å². The van der Waals surface area contributed by atoms with Crippen LogP contribution in [0.2, 0.25) is 0 Å². The minimum Gasteiger partial charge on any atom is -0.349 e. The molecule has 2 aromatic heterocycles. The molecule has 0 radical (unpaired) electrons. The number of halogens is 1. The Morgan fingerprint density at radius 1 is 1.38 bits per heavy atom. The molecule has 1 saturated carbocycles. The Hall–Kier alpha value is -1.46. The Morgan fingerprint density at radius 3 is 3.14 bits per heavy atom. The lowest BCUT2D eigenvalue weighted by atomic mass is 10.1. The van der Waals surface area contributed by atoms with Gasteiger partial charge in [0.15, 0.2) is 11.6 Å². The molecule has 0 amide bonds. The molecular formula is C16H18FN3S. The third kappa shape index (κ3) is 2.68. The molecule has 0 bridgehead atoms. The van der Waals surface area contributed by atoms with Crippen molar-refractivity contribution in [3.63, 3.8) is 0 Å². The van der Waals surface area contributed by atoms with Crippen LogP contribution in [0.1, 0.15) is 28.8 Å². The first-order chi connectivity index (χ1) is 10.3. The SMILES string of the molecule is Fc1c(CNC2CC2)ccnc1N1CCc2sccc2C1. The van der Waals surface area contributed by atoms with E-state index in [1.807, 2.05) is 0 Å². The maximum atomic E-state index is 14.7. The van der Waals surface area contributed by atoms with Crippen LogP contribution < -0.4 is 10.2 Å². The molecule has 1 fully saturated rings. The van der Waals surface area contributed by atoms with Crippen LogP contribution in [-0.2, 0) is 19.5 Å². The summed E-state index contributed by atoms with van der Waals surface area (Å²) in [6.07, 6.45) is 5.14. The van der Waals surface area contributed by atoms with Gasteiger partial charge in [-0.1, -0.05) is 0 Å². The van der Waals surface area contributed by atoms with E-state index in [4.69, 9.17) is 0 Å². The van der Waals surface area contributed by atoms with Gasteiger partial charge in [-0.25, -0.2) is 9.37 Å². The number of fused-ring (bicyclic) bond motifs is 1. The molecule has 5 heteroatoms. The van der Waals surface area contributed by atoms with Gasteiger partial charge >= 0.3 is 0 Å². The number of hydrogen-bond donors (Lipinski definition) is 1. The Kier molecular flexibility index (Phi) is 3.39. The molecule has 3 heterocycles. The molecule has 1 aliphatic carbocycles. The van der Waals surface area contributed by atoms with Crippen molar-refractivity contribution in [3.8, 4) is 0 Å². The van der Waals surface area contributed by atoms with Crippen LogP contribution in [-0.4, -0.2) is 17.6 Å². The average molecular weight is 303 g/mol. The van der Waals surface area contributed by atoms with E-state index in [-0.39, 0.29) is 5.82 Å². The fraction of sp³-hybridized carbons (Fsp3) is 0.438. The summed E-state index contributed by atoms with van der Waals surface area (Å²) in [5, 5.41) is 5.49. The molecule has 1 N–H and O–H groups in total. The summed E-state index contributed by atoms with van der Waals surface area (Å²) >= 11 is 1.80. The molecule has 0 saturated heterocycles. The third-order valence-corrected chi connectivity index (χ3v) is 5.24. The van der Waals surface area contributed by atoms with Crippen molar-refractivity contribution in [1.82, 2.24) is 10.3 Å². The molecule has 2 aliphatic rings. The number of nitrogens with one attached hydrogen (secondary N) is 1. The minimum absolute atomic E-state index is 0.163. The predicted molar refractivity (Wildman–Crippen MR) is 83.1 cm³/mol. The standard InChI is InChI=1S/C16H18FN3S/c17-15-11(9-19-13-1-2-13)3-6-18-16(15)20-7-4-14-12(10-20)5-8-21-14/h3,5-6,8,13,19H,1-2,4,7,9-10H2. The monoisotopic (exact) mass is 303 g/mol. The van der Waals surface area contributed by atoms with E-state index in [1.54, 1.807) is 23.6 Å². The molecule has 1 aliphatic heterocycles. The van der Waals surface area contributed by atoms with E-state index in [2.05, 4.69) is 26.6 Å². The minimum atomic E-state index is -0.163. The number of pyridine rings is 1. The first-order valence-corrected chi connectivity index (χ1v) is 8.36. The zero-order valence-electron chi connectivity index (χ0n) is 11.8. The van der Waals surface area contributed by atoms with Crippen LogP contribution in [0.3, 0.4) is 0 Å². The normalized spacial score (nSPS) is 17.9. The van der Waals surface area contributed by atoms with Gasteiger partial charge in [-0.15, -0.1) is 11.3 Å². The molecule has 4 rings (SSSR count). The van der Waals surface area contributed by atoms with E-state index >= 15 is 0 Å². The van der Waals surface area contributed by atoms with Crippen molar-refractivity contribution in [2.24, 2.45) is 0 Å². The first kappa shape index (κ1) is 13.2. The number of rotatable bonds is 4. The van der Waals surface area contributed by atoms with Gasteiger partial charge < -0.3 is 10.2 Å². The summed E-state index contributed by atoms with van der Waals surface area (Å²) in [6.45, 7) is 2.21. The van der Waals surface area contributed by atoms with Crippen LogP contribution in [0.5, 0.6) is 0 Å².